The molecule has 0 saturated heterocycles. The zero-order valence-electron chi connectivity index (χ0n) is 9.74. The maximum absolute atomic E-state index is 6.28. The number of hydrogen-bond acceptors (Lipinski definition) is 3. The van der Waals surface area contributed by atoms with Gasteiger partial charge in [-0.3, -0.25) is 0 Å². The van der Waals surface area contributed by atoms with Gasteiger partial charge in [0, 0.05) is 0 Å². The third kappa shape index (κ3) is 2.81. The fraction of sp³-hybridized carbons (Fsp3) is 0.231. The Morgan fingerprint density at radius 3 is 2.65 bits per heavy atom. The minimum atomic E-state index is -0.0549. The maximum atomic E-state index is 6.28. The number of rotatable bonds is 3. The van der Waals surface area contributed by atoms with Crippen LogP contribution in [0.2, 0.25) is 0 Å². The number of ether oxygens (including phenoxy) is 1. The molecule has 17 heavy (non-hydrogen) atoms. The van der Waals surface area contributed by atoms with Gasteiger partial charge in [-0.25, -0.2) is 0 Å². The van der Waals surface area contributed by atoms with Gasteiger partial charge < -0.3 is 10.5 Å². The standard InChI is InChI=1S/C13H14INOS/c1-8-5-10(16-2)3-4-11(8)13(15)9-6-12(14)17-7-9/h3-7,13H,15H2,1-2H3. The predicted molar refractivity (Wildman–Crippen MR) is 80.8 cm³/mol. The first-order valence-electron chi connectivity index (χ1n) is 5.26. The van der Waals surface area contributed by atoms with Crippen molar-refractivity contribution in [3.05, 3.63) is 49.2 Å². The van der Waals surface area contributed by atoms with Gasteiger partial charge in [-0.15, -0.1) is 11.3 Å². The molecule has 0 aliphatic rings. The number of methoxy groups -OCH3 is 1. The van der Waals surface area contributed by atoms with Crippen molar-refractivity contribution in [3.63, 3.8) is 0 Å². The lowest BCUT2D eigenvalue weighted by Crippen LogP contribution is -2.12. The summed E-state index contributed by atoms with van der Waals surface area (Å²) in [7, 11) is 1.68. The molecule has 0 aliphatic heterocycles. The molecule has 2 nitrogen and oxygen atoms in total. The van der Waals surface area contributed by atoms with Crippen molar-refractivity contribution in [1.82, 2.24) is 0 Å². The molecule has 2 N–H and O–H groups in total. The molecular weight excluding hydrogens is 345 g/mol. The SMILES string of the molecule is COc1ccc(C(N)c2csc(I)c2)c(C)c1. The molecule has 1 unspecified atom stereocenters. The van der Waals surface area contributed by atoms with E-state index in [1.165, 1.54) is 8.45 Å². The molecule has 0 saturated carbocycles. The molecule has 0 radical (unpaired) electrons. The van der Waals surface area contributed by atoms with Gasteiger partial charge in [0.25, 0.3) is 0 Å². The average molecular weight is 359 g/mol. The lowest BCUT2D eigenvalue weighted by atomic mass is 9.97. The van der Waals surface area contributed by atoms with Gasteiger partial charge in [0.2, 0.25) is 0 Å². The summed E-state index contributed by atoms with van der Waals surface area (Å²) in [5.74, 6) is 0.873. The van der Waals surface area contributed by atoms with Crippen LogP contribution < -0.4 is 10.5 Å². The fourth-order valence-electron chi connectivity index (χ4n) is 1.79. The van der Waals surface area contributed by atoms with Crippen molar-refractivity contribution >= 4 is 33.9 Å². The molecule has 1 atom stereocenters. The highest BCUT2D eigenvalue weighted by Crippen LogP contribution is 2.29. The van der Waals surface area contributed by atoms with Crippen molar-refractivity contribution in [3.8, 4) is 5.75 Å². The zero-order chi connectivity index (χ0) is 12.4. The van der Waals surface area contributed by atoms with Crippen molar-refractivity contribution in [2.24, 2.45) is 5.73 Å². The van der Waals surface area contributed by atoms with E-state index in [1.54, 1.807) is 18.4 Å². The monoisotopic (exact) mass is 359 g/mol. The third-order valence-electron chi connectivity index (χ3n) is 2.76. The molecule has 2 aromatic rings. The molecule has 1 aromatic carbocycles. The molecule has 0 spiro atoms. The first-order chi connectivity index (χ1) is 8.11. The van der Waals surface area contributed by atoms with Crippen LogP contribution >= 0.6 is 33.9 Å². The van der Waals surface area contributed by atoms with E-state index in [0.717, 1.165) is 16.9 Å². The normalized spacial score (nSPS) is 12.5. The third-order valence-corrected chi connectivity index (χ3v) is 4.57. The summed E-state index contributed by atoms with van der Waals surface area (Å²) in [6.07, 6.45) is 0. The van der Waals surface area contributed by atoms with Crippen LogP contribution in [0.5, 0.6) is 5.75 Å². The zero-order valence-corrected chi connectivity index (χ0v) is 12.7. The summed E-state index contributed by atoms with van der Waals surface area (Å²) in [4.78, 5) is 0. The van der Waals surface area contributed by atoms with Crippen LogP contribution in [0.15, 0.2) is 29.6 Å². The number of hydrogen-bond donors (Lipinski definition) is 1. The first kappa shape index (κ1) is 12.9. The summed E-state index contributed by atoms with van der Waals surface area (Å²) < 4.78 is 6.46. The highest BCUT2D eigenvalue weighted by atomic mass is 127. The lowest BCUT2D eigenvalue weighted by Gasteiger charge is -2.14. The van der Waals surface area contributed by atoms with Crippen LogP contribution in [0.25, 0.3) is 0 Å². The Hall–Kier alpha value is -0.590. The molecule has 1 aromatic heterocycles. The van der Waals surface area contributed by atoms with E-state index in [4.69, 9.17) is 10.5 Å². The second kappa shape index (κ2) is 5.37. The summed E-state index contributed by atoms with van der Waals surface area (Å²) in [6, 6.07) is 8.11. The van der Waals surface area contributed by atoms with Gasteiger partial charge in [-0.2, -0.15) is 0 Å². The Kier molecular flexibility index (Phi) is 4.06. The van der Waals surface area contributed by atoms with Gasteiger partial charge in [0.15, 0.2) is 0 Å². The molecule has 4 heteroatoms. The molecule has 1 heterocycles. The van der Waals surface area contributed by atoms with E-state index in [-0.39, 0.29) is 6.04 Å². The van der Waals surface area contributed by atoms with Gasteiger partial charge in [-0.1, -0.05) is 6.07 Å². The number of nitrogens with two attached hydrogens (primary N) is 1. The van der Waals surface area contributed by atoms with Crippen LogP contribution in [0, 0.1) is 9.81 Å². The molecule has 0 fully saturated rings. The largest absolute Gasteiger partial charge is 0.497 e. The second-order valence-electron chi connectivity index (χ2n) is 3.88. The number of benzene rings is 1. The topological polar surface area (TPSA) is 35.2 Å². The van der Waals surface area contributed by atoms with Crippen molar-refractivity contribution in [1.29, 1.82) is 0 Å². The van der Waals surface area contributed by atoms with Gasteiger partial charge in [-0.05, 0) is 69.8 Å². The van der Waals surface area contributed by atoms with Crippen LogP contribution in [0.3, 0.4) is 0 Å². The summed E-state index contributed by atoms with van der Waals surface area (Å²) in [6.45, 7) is 2.06. The van der Waals surface area contributed by atoms with Crippen molar-refractivity contribution in [2.75, 3.05) is 7.11 Å². The van der Waals surface area contributed by atoms with Crippen molar-refractivity contribution in [2.45, 2.75) is 13.0 Å². The molecule has 0 aliphatic carbocycles. The maximum Gasteiger partial charge on any atom is 0.119 e. The van der Waals surface area contributed by atoms with E-state index in [1.807, 2.05) is 18.2 Å². The summed E-state index contributed by atoms with van der Waals surface area (Å²) in [5, 5.41) is 2.12. The molecule has 0 amide bonds. The fourth-order valence-corrected chi connectivity index (χ4v) is 3.20. The predicted octanol–water partition coefficient (Wildman–Crippen LogP) is 3.72. The molecule has 2 rings (SSSR count). The molecule has 90 valence electrons. The Morgan fingerprint density at radius 2 is 2.12 bits per heavy atom. The Morgan fingerprint density at radius 1 is 1.35 bits per heavy atom. The van der Waals surface area contributed by atoms with Crippen LogP contribution in [-0.2, 0) is 0 Å². The second-order valence-corrected chi connectivity index (χ2v) is 6.69. The molecular formula is C13H14INOS. The summed E-state index contributed by atoms with van der Waals surface area (Å²) >= 11 is 4.04. The van der Waals surface area contributed by atoms with E-state index in [0.29, 0.717) is 0 Å². The van der Waals surface area contributed by atoms with Crippen LogP contribution in [0.1, 0.15) is 22.7 Å². The quantitative estimate of drug-likeness (QED) is 0.848. The Labute approximate surface area is 119 Å². The van der Waals surface area contributed by atoms with E-state index in [9.17, 15) is 0 Å². The van der Waals surface area contributed by atoms with E-state index >= 15 is 0 Å². The number of thiophene rings is 1. The molecule has 0 bridgehead atoms. The van der Waals surface area contributed by atoms with Gasteiger partial charge >= 0.3 is 0 Å². The minimum absolute atomic E-state index is 0.0549. The minimum Gasteiger partial charge on any atom is -0.497 e. The summed E-state index contributed by atoms with van der Waals surface area (Å²) in [5.41, 5.74) is 9.78. The number of aryl methyl sites for hydroxylation is 1. The lowest BCUT2D eigenvalue weighted by molar-refractivity contribution is 0.414. The van der Waals surface area contributed by atoms with Gasteiger partial charge in [0.1, 0.15) is 5.75 Å². The van der Waals surface area contributed by atoms with E-state index < -0.39 is 0 Å². The van der Waals surface area contributed by atoms with E-state index in [2.05, 4.69) is 41.0 Å². The van der Waals surface area contributed by atoms with Gasteiger partial charge in [0.05, 0.1) is 16.0 Å². The highest BCUT2D eigenvalue weighted by molar-refractivity contribution is 14.1. The van der Waals surface area contributed by atoms with Crippen LogP contribution in [0.4, 0.5) is 0 Å². The van der Waals surface area contributed by atoms with Crippen molar-refractivity contribution < 1.29 is 4.74 Å². The average Bonchev–Trinajstić information content (AvgIpc) is 2.75. The van der Waals surface area contributed by atoms with Crippen LogP contribution in [-0.4, -0.2) is 7.11 Å². The number of halogens is 1. The smallest absolute Gasteiger partial charge is 0.119 e. The highest BCUT2D eigenvalue weighted by Gasteiger charge is 2.13. The Balaban J connectivity index is 2.34. The Bertz CT molecular complexity index is 524. The first-order valence-corrected chi connectivity index (χ1v) is 7.21.